The van der Waals surface area contributed by atoms with Crippen LogP contribution in [-0.4, -0.2) is 52.0 Å². The predicted molar refractivity (Wildman–Crippen MR) is 124 cm³/mol. The number of amides is 1. The lowest BCUT2D eigenvalue weighted by Gasteiger charge is -2.38. The van der Waals surface area contributed by atoms with Crippen LogP contribution >= 0.6 is 11.6 Å². The Kier molecular flexibility index (Phi) is 7.02. The summed E-state index contributed by atoms with van der Waals surface area (Å²) >= 11 is 5.90. The molecule has 1 unspecified atom stereocenters. The maximum absolute atomic E-state index is 13.4. The summed E-state index contributed by atoms with van der Waals surface area (Å²) in [6, 6.07) is 15.2. The summed E-state index contributed by atoms with van der Waals surface area (Å²) in [5.41, 5.74) is 1.83. The van der Waals surface area contributed by atoms with E-state index < -0.39 is 11.0 Å². The van der Waals surface area contributed by atoms with Crippen molar-refractivity contribution in [3.05, 3.63) is 86.8 Å². The molecule has 2 heterocycles. The van der Waals surface area contributed by atoms with Gasteiger partial charge >= 0.3 is 0 Å². The molecular formula is C23H24ClN5O4. The van der Waals surface area contributed by atoms with Gasteiger partial charge in [0.25, 0.3) is 5.69 Å². The Morgan fingerprint density at radius 3 is 2.55 bits per heavy atom. The number of aromatic nitrogens is 1. The van der Waals surface area contributed by atoms with Crippen molar-refractivity contribution < 1.29 is 14.2 Å². The number of rotatable bonds is 7. The van der Waals surface area contributed by atoms with E-state index in [1.807, 2.05) is 43.3 Å². The average molecular weight is 470 g/mol. The molecule has 10 heteroatoms. The van der Waals surface area contributed by atoms with Crippen molar-refractivity contribution in [3.63, 3.8) is 0 Å². The van der Waals surface area contributed by atoms with Crippen LogP contribution < -0.4 is 5.32 Å². The number of piperazine rings is 1. The van der Waals surface area contributed by atoms with Crippen LogP contribution in [-0.2, 0) is 11.3 Å². The molecule has 4 rings (SSSR count). The molecule has 0 spiro atoms. The summed E-state index contributed by atoms with van der Waals surface area (Å²) in [4.78, 5) is 28.4. The predicted octanol–water partition coefficient (Wildman–Crippen LogP) is 4.04. The molecule has 1 amide bonds. The Bertz CT molecular complexity index is 1130. The van der Waals surface area contributed by atoms with Gasteiger partial charge < -0.3 is 9.84 Å². The highest BCUT2D eigenvalue weighted by Gasteiger charge is 2.31. The molecule has 33 heavy (non-hydrogen) atoms. The minimum absolute atomic E-state index is 0.0241. The van der Waals surface area contributed by atoms with Crippen LogP contribution in [0.25, 0.3) is 0 Å². The van der Waals surface area contributed by atoms with Gasteiger partial charge in [0, 0.05) is 50.5 Å². The largest absolute Gasteiger partial charge is 0.361 e. The number of aryl methyl sites for hydroxylation is 1. The van der Waals surface area contributed by atoms with Crippen molar-refractivity contribution in [1.82, 2.24) is 15.0 Å². The van der Waals surface area contributed by atoms with Crippen molar-refractivity contribution >= 4 is 28.9 Å². The smallest absolute Gasteiger partial charge is 0.289 e. The van der Waals surface area contributed by atoms with Gasteiger partial charge in [-0.2, -0.15) is 0 Å². The van der Waals surface area contributed by atoms with Crippen LogP contribution in [0.1, 0.15) is 23.1 Å². The number of nitro benzene ring substituents is 1. The third kappa shape index (κ3) is 5.57. The number of nitro groups is 1. The SMILES string of the molecule is Cc1cc(CN2CCN(C(C(=O)Nc3ccc(Cl)c([N+](=O)[O-])c3)c3ccccc3)CC2)no1. The zero-order valence-electron chi connectivity index (χ0n) is 18.1. The molecule has 0 bridgehead atoms. The molecule has 1 aliphatic heterocycles. The summed E-state index contributed by atoms with van der Waals surface area (Å²) in [6.45, 7) is 5.48. The Labute approximate surface area is 196 Å². The third-order valence-electron chi connectivity index (χ3n) is 5.61. The number of nitrogens with one attached hydrogen (secondary N) is 1. The van der Waals surface area contributed by atoms with Gasteiger partial charge in [0.2, 0.25) is 5.91 Å². The number of hydrogen-bond acceptors (Lipinski definition) is 7. The van der Waals surface area contributed by atoms with Gasteiger partial charge in [0.15, 0.2) is 0 Å². The lowest BCUT2D eigenvalue weighted by molar-refractivity contribution is -0.384. The minimum Gasteiger partial charge on any atom is -0.361 e. The fourth-order valence-electron chi connectivity index (χ4n) is 4.01. The number of nitrogens with zero attached hydrogens (tertiary/aromatic N) is 4. The Hall–Kier alpha value is -3.27. The molecule has 3 aromatic rings. The Morgan fingerprint density at radius 1 is 1.18 bits per heavy atom. The number of anilines is 1. The normalized spacial score (nSPS) is 15.8. The van der Waals surface area contributed by atoms with Crippen molar-refractivity contribution in [2.45, 2.75) is 19.5 Å². The first-order valence-corrected chi connectivity index (χ1v) is 11.0. The maximum Gasteiger partial charge on any atom is 0.289 e. The summed E-state index contributed by atoms with van der Waals surface area (Å²) < 4.78 is 5.15. The highest BCUT2D eigenvalue weighted by atomic mass is 35.5. The van der Waals surface area contributed by atoms with Gasteiger partial charge in [-0.1, -0.05) is 47.1 Å². The van der Waals surface area contributed by atoms with E-state index >= 15 is 0 Å². The van der Waals surface area contributed by atoms with E-state index in [2.05, 4.69) is 20.3 Å². The van der Waals surface area contributed by atoms with Crippen molar-refractivity contribution in [3.8, 4) is 0 Å². The van der Waals surface area contributed by atoms with Crippen LogP contribution in [0.4, 0.5) is 11.4 Å². The zero-order valence-corrected chi connectivity index (χ0v) is 18.9. The molecule has 1 fully saturated rings. The van der Waals surface area contributed by atoms with Gasteiger partial charge in [-0.3, -0.25) is 24.7 Å². The molecule has 172 valence electrons. The van der Waals surface area contributed by atoms with Crippen LogP contribution in [0, 0.1) is 17.0 Å². The molecule has 0 aliphatic carbocycles. The number of carbonyl (C=O) groups excluding carboxylic acids is 1. The average Bonchev–Trinajstić information content (AvgIpc) is 3.21. The second-order valence-corrected chi connectivity index (χ2v) is 8.37. The van der Waals surface area contributed by atoms with E-state index in [1.165, 1.54) is 12.1 Å². The first kappa shape index (κ1) is 22.9. The van der Waals surface area contributed by atoms with Gasteiger partial charge in [0.05, 0.1) is 10.6 Å². The van der Waals surface area contributed by atoms with Crippen molar-refractivity contribution in [2.24, 2.45) is 0 Å². The highest BCUT2D eigenvalue weighted by molar-refractivity contribution is 6.32. The number of benzene rings is 2. The van der Waals surface area contributed by atoms with Crippen molar-refractivity contribution in [2.75, 3.05) is 31.5 Å². The first-order chi connectivity index (χ1) is 15.9. The summed E-state index contributed by atoms with van der Waals surface area (Å²) in [5, 5.41) is 18.1. The number of halogens is 1. The second-order valence-electron chi connectivity index (χ2n) is 7.97. The van der Waals surface area contributed by atoms with Gasteiger partial charge in [-0.25, -0.2) is 0 Å². The van der Waals surface area contributed by atoms with E-state index in [1.54, 1.807) is 6.07 Å². The molecule has 0 saturated carbocycles. The molecule has 1 aromatic heterocycles. The van der Waals surface area contributed by atoms with E-state index in [4.69, 9.17) is 16.1 Å². The summed E-state index contributed by atoms with van der Waals surface area (Å²) in [6.07, 6.45) is 0. The third-order valence-corrected chi connectivity index (χ3v) is 5.93. The zero-order chi connectivity index (χ0) is 23.4. The van der Waals surface area contributed by atoms with Crippen LogP contribution in [0.15, 0.2) is 59.1 Å². The quantitative estimate of drug-likeness (QED) is 0.411. The van der Waals surface area contributed by atoms with Gasteiger partial charge in [-0.05, 0) is 24.6 Å². The molecule has 1 saturated heterocycles. The molecular weight excluding hydrogens is 446 g/mol. The van der Waals surface area contributed by atoms with E-state index in [0.29, 0.717) is 25.3 Å². The topological polar surface area (TPSA) is 105 Å². The molecule has 2 aromatic carbocycles. The minimum atomic E-state index is -0.567. The Morgan fingerprint density at radius 2 is 1.91 bits per heavy atom. The monoisotopic (exact) mass is 469 g/mol. The van der Waals surface area contributed by atoms with Crippen molar-refractivity contribution in [1.29, 1.82) is 0 Å². The number of carbonyl (C=O) groups is 1. The molecule has 1 atom stereocenters. The second kappa shape index (κ2) is 10.1. The van der Waals surface area contributed by atoms with Crippen LogP contribution in [0.2, 0.25) is 5.02 Å². The lowest BCUT2D eigenvalue weighted by atomic mass is 10.0. The highest BCUT2D eigenvalue weighted by Crippen LogP contribution is 2.29. The van der Waals surface area contributed by atoms with Gasteiger partial charge in [0.1, 0.15) is 16.8 Å². The fourth-order valence-corrected chi connectivity index (χ4v) is 4.19. The molecule has 0 radical (unpaired) electrons. The molecule has 1 aliphatic rings. The van der Waals surface area contributed by atoms with Crippen LogP contribution in [0.3, 0.4) is 0 Å². The molecule has 9 nitrogen and oxygen atoms in total. The standard InChI is InChI=1S/C23H24ClN5O4/c1-16-13-19(26-33-16)15-27-9-11-28(12-10-27)22(17-5-3-2-4-6-17)23(30)25-18-7-8-20(24)21(14-18)29(31)32/h2-8,13-14,22H,9-12,15H2,1H3,(H,25,30). The fraction of sp³-hybridized carbons (Fsp3) is 0.304. The lowest BCUT2D eigenvalue weighted by Crippen LogP contribution is -2.49. The van der Waals surface area contributed by atoms with Gasteiger partial charge in [-0.15, -0.1) is 0 Å². The van der Waals surface area contributed by atoms with E-state index in [9.17, 15) is 14.9 Å². The van der Waals surface area contributed by atoms with Crippen LogP contribution in [0.5, 0.6) is 0 Å². The Balaban J connectivity index is 1.49. The van der Waals surface area contributed by atoms with E-state index in [-0.39, 0.29) is 16.6 Å². The van der Waals surface area contributed by atoms with E-state index in [0.717, 1.165) is 30.1 Å². The first-order valence-electron chi connectivity index (χ1n) is 10.6. The summed E-state index contributed by atoms with van der Waals surface area (Å²) in [5.74, 6) is 0.533. The summed E-state index contributed by atoms with van der Waals surface area (Å²) in [7, 11) is 0. The number of hydrogen-bond donors (Lipinski definition) is 1. The maximum atomic E-state index is 13.4. The molecule has 1 N–H and O–H groups in total.